The Bertz CT molecular complexity index is 825. The second-order valence-corrected chi connectivity index (χ2v) is 8.62. The number of guanidine groups is 1. The summed E-state index contributed by atoms with van der Waals surface area (Å²) in [5.74, 6) is 3.99. The first kappa shape index (κ1) is 23.4. The molecule has 31 heavy (non-hydrogen) atoms. The highest BCUT2D eigenvalue weighted by molar-refractivity contribution is 6.30. The normalized spacial score (nSPS) is 16.9. The molecular formula is C23H34ClN5O2. The number of nitrogens with one attached hydrogen (secondary N) is 2. The van der Waals surface area contributed by atoms with Gasteiger partial charge in [0, 0.05) is 18.6 Å². The van der Waals surface area contributed by atoms with Crippen LogP contribution in [-0.2, 0) is 6.54 Å². The van der Waals surface area contributed by atoms with Crippen molar-refractivity contribution >= 4 is 17.6 Å². The topological polar surface area (TPSA) is 74.9 Å². The van der Waals surface area contributed by atoms with E-state index in [1.807, 2.05) is 45.0 Å². The molecule has 0 amide bonds. The molecule has 0 radical (unpaired) electrons. The fourth-order valence-corrected chi connectivity index (χ4v) is 3.76. The lowest BCUT2D eigenvalue weighted by Crippen LogP contribution is -2.45. The lowest BCUT2D eigenvalue weighted by atomic mass is 9.97. The predicted molar refractivity (Wildman–Crippen MR) is 125 cm³/mol. The number of piperidine rings is 1. The van der Waals surface area contributed by atoms with Crippen LogP contribution in [0.15, 0.2) is 33.7 Å². The molecule has 0 bridgehead atoms. The van der Waals surface area contributed by atoms with Crippen molar-refractivity contribution in [3.8, 4) is 5.75 Å². The van der Waals surface area contributed by atoms with E-state index >= 15 is 0 Å². The summed E-state index contributed by atoms with van der Waals surface area (Å²) < 4.78 is 11.6. The summed E-state index contributed by atoms with van der Waals surface area (Å²) in [5.41, 5.74) is 0.987. The minimum atomic E-state index is 0.00504. The number of aliphatic imine (C=N–C) groups is 1. The van der Waals surface area contributed by atoms with Crippen LogP contribution in [0.1, 0.15) is 37.1 Å². The van der Waals surface area contributed by atoms with Gasteiger partial charge in [0.2, 0.25) is 5.89 Å². The number of likely N-dealkylation sites (tertiary alicyclic amines) is 1. The highest BCUT2D eigenvalue weighted by atomic mass is 35.5. The van der Waals surface area contributed by atoms with Gasteiger partial charge in [0.15, 0.2) is 5.96 Å². The van der Waals surface area contributed by atoms with Gasteiger partial charge in [-0.2, -0.15) is 0 Å². The standard InChI is InChI=1S/C23H34ClN5O2/c1-16(30-21-7-5-20(24)6-8-21)13-26-23(25-4)27-14-19-9-11-29(12-10-19)15-22-28-17(2)18(3)31-22/h5-8,16,19H,9-15H2,1-4H3,(H2,25,26,27). The molecule has 8 heteroatoms. The summed E-state index contributed by atoms with van der Waals surface area (Å²) in [6.45, 7) is 10.5. The molecule has 1 aliphatic heterocycles. The number of oxazole rings is 1. The van der Waals surface area contributed by atoms with Gasteiger partial charge in [-0.05, 0) is 76.9 Å². The number of hydrogen-bond acceptors (Lipinski definition) is 5. The molecule has 0 spiro atoms. The van der Waals surface area contributed by atoms with Crippen LogP contribution in [0.4, 0.5) is 0 Å². The molecule has 2 aromatic rings. The van der Waals surface area contributed by atoms with Crippen LogP contribution in [-0.4, -0.2) is 55.2 Å². The maximum absolute atomic E-state index is 5.92. The average Bonchev–Trinajstić information content (AvgIpc) is 3.07. The van der Waals surface area contributed by atoms with E-state index in [1.165, 1.54) is 0 Å². The molecule has 7 nitrogen and oxygen atoms in total. The zero-order valence-corrected chi connectivity index (χ0v) is 19.7. The molecule has 1 fully saturated rings. The molecule has 0 aliphatic carbocycles. The molecule has 1 atom stereocenters. The summed E-state index contributed by atoms with van der Waals surface area (Å²) in [5, 5.41) is 7.51. The van der Waals surface area contributed by atoms with E-state index in [2.05, 4.69) is 25.5 Å². The molecule has 1 aliphatic rings. The number of aromatic nitrogens is 1. The van der Waals surface area contributed by atoms with E-state index in [0.29, 0.717) is 17.5 Å². The Kier molecular flexibility index (Phi) is 8.60. The van der Waals surface area contributed by atoms with Gasteiger partial charge in [0.1, 0.15) is 17.6 Å². The number of halogens is 1. The molecular weight excluding hydrogens is 414 g/mol. The quantitative estimate of drug-likeness (QED) is 0.473. The van der Waals surface area contributed by atoms with E-state index < -0.39 is 0 Å². The Morgan fingerprint density at radius 1 is 1.26 bits per heavy atom. The molecule has 170 valence electrons. The van der Waals surface area contributed by atoms with Crippen molar-refractivity contribution in [2.75, 3.05) is 33.2 Å². The SMILES string of the molecule is CN=C(NCC1CCN(Cc2nc(C)c(C)o2)CC1)NCC(C)Oc1ccc(Cl)cc1. The van der Waals surface area contributed by atoms with Crippen LogP contribution in [0.3, 0.4) is 0 Å². The van der Waals surface area contributed by atoms with Crippen LogP contribution >= 0.6 is 11.6 Å². The number of ether oxygens (including phenoxy) is 1. The lowest BCUT2D eigenvalue weighted by molar-refractivity contribution is 0.164. The molecule has 1 unspecified atom stereocenters. The molecule has 2 heterocycles. The Morgan fingerprint density at radius 2 is 1.97 bits per heavy atom. The number of hydrogen-bond donors (Lipinski definition) is 2. The van der Waals surface area contributed by atoms with E-state index in [-0.39, 0.29) is 6.10 Å². The Labute approximate surface area is 190 Å². The Hall–Kier alpha value is -2.25. The van der Waals surface area contributed by atoms with Crippen LogP contribution in [0.2, 0.25) is 5.02 Å². The van der Waals surface area contributed by atoms with Gasteiger partial charge in [-0.15, -0.1) is 0 Å². The zero-order valence-electron chi connectivity index (χ0n) is 18.9. The molecule has 1 aromatic carbocycles. The van der Waals surface area contributed by atoms with Crippen molar-refractivity contribution < 1.29 is 9.15 Å². The lowest BCUT2D eigenvalue weighted by Gasteiger charge is -2.31. The van der Waals surface area contributed by atoms with Crippen molar-refractivity contribution in [3.63, 3.8) is 0 Å². The number of aryl methyl sites for hydroxylation is 2. The monoisotopic (exact) mass is 447 g/mol. The van der Waals surface area contributed by atoms with Gasteiger partial charge in [-0.1, -0.05) is 11.6 Å². The average molecular weight is 448 g/mol. The summed E-state index contributed by atoms with van der Waals surface area (Å²) in [6, 6.07) is 7.41. The summed E-state index contributed by atoms with van der Waals surface area (Å²) >= 11 is 5.92. The third-order valence-corrected chi connectivity index (χ3v) is 5.88. The zero-order chi connectivity index (χ0) is 22.2. The highest BCUT2D eigenvalue weighted by Gasteiger charge is 2.21. The van der Waals surface area contributed by atoms with E-state index in [4.69, 9.17) is 20.8 Å². The highest BCUT2D eigenvalue weighted by Crippen LogP contribution is 2.19. The van der Waals surface area contributed by atoms with E-state index in [0.717, 1.165) is 68.1 Å². The molecule has 3 rings (SSSR count). The predicted octanol–water partition coefficient (Wildman–Crippen LogP) is 3.79. The number of nitrogens with zero attached hydrogens (tertiary/aromatic N) is 3. The van der Waals surface area contributed by atoms with Gasteiger partial charge in [-0.3, -0.25) is 9.89 Å². The first-order valence-electron chi connectivity index (χ1n) is 10.9. The van der Waals surface area contributed by atoms with Crippen LogP contribution in [0, 0.1) is 19.8 Å². The fourth-order valence-electron chi connectivity index (χ4n) is 3.64. The second kappa shape index (κ2) is 11.4. The van der Waals surface area contributed by atoms with E-state index in [1.54, 1.807) is 7.05 Å². The molecule has 2 N–H and O–H groups in total. The van der Waals surface area contributed by atoms with Gasteiger partial charge in [-0.25, -0.2) is 4.98 Å². The van der Waals surface area contributed by atoms with Crippen LogP contribution in [0.5, 0.6) is 5.75 Å². The van der Waals surface area contributed by atoms with Crippen molar-refractivity contribution in [2.24, 2.45) is 10.9 Å². The fraction of sp³-hybridized carbons (Fsp3) is 0.565. The maximum Gasteiger partial charge on any atom is 0.208 e. The first-order chi connectivity index (χ1) is 14.9. The number of rotatable bonds is 8. The van der Waals surface area contributed by atoms with Gasteiger partial charge >= 0.3 is 0 Å². The third kappa shape index (κ3) is 7.43. The Morgan fingerprint density at radius 3 is 2.58 bits per heavy atom. The minimum Gasteiger partial charge on any atom is -0.489 e. The summed E-state index contributed by atoms with van der Waals surface area (Å²) in [6.07, 6.45) is 2.31. The first-order valence-corrected chi connectivity index (χ1v) is 11.3. The molecule has 1 aromatic heterocycles. The van der Waals surface area contributed by atoms with Crippen molar-refractivity contribution in [1.82, 2.24) is 20.5 Å². The van der Waals surface area contributed by atoms with Gasteiger partial charge < -0.3 is 19.8 Å². The van der Waals surface area contributed by atoms with Crippen LogP contribution in [0.25, 0.3) is 0 Å². The second-order valence-electron chi connectivity index (χ2n) is 8.19. The smallest absolute Gasteiger partial charge is 0.208 e. The molecule has 0 saturated carbocycles. The Balaban J connectivity index is 1.33. The van der Waals surface area contributed by atoms with Crippen molar-refractivity contribution in [2.45, 2.75) is 46.3 Å². The maximum atomic E-state index is 5.92. The number of benzene rings is 1. The van der Waals surface area contributed by atoms with Gasteiger partial charge in [0.05, 0.1) is 18.8 Å². The molecule has 1 saturated heterocycles. The largest absolute Gasteiger partial charge is 0.489 e. The van der Waals surface area contributed by atoms with Gasteiger partial charge in [0.25, 0.3) is 0 Å². The van der Waals surface area contributed by atoms with E-state index in [9.17, 15) is 0 Å². The third-order valence-electron chi connectivity index (χ3n) is 5.63. The van der Waals surface area contributed by atoms with Crippen molar-refractivity contribution in [3.05, 3.63) is 46.6 Å². The van der Waals surface area contributed by atoms with Crippen molar-refractivity contribution in [1.29, 1.82) is 0 Å². The van der Waals surface area contributed by atoms with Crippen LogP contribution < -0.4 is 15.4 Å². The summed E-state index contributed by atoms with van der Waals surface area (Å²) in [4.78, 5) is 11.3. The minimum absolute atomic E-state index is 0.00504. The summed E-state index contributed by atoms with van der Waals surface area (Å²) in [7, 11) is 1.79.